The quantitative estimate of drug-likeness (QED) is 0.770. The molecule has 1 aromatic heterocycles. The van der Waals surface area contributed by atoms with Crippen LogP contribution >= 0.6 is 27.3 Å². The van der Waals surface area contributed by atoms with Gasteiger partial charge in [0.05, 0.1) is 0 Å². The molecule has 1 heterocycles. The highest BCUT2D eigenvalue weighted by molar-refractivity contribution is 9.10. The number of aryl methyl sites for hydroxylation is 1. The van der Waals surface area contributed by atoms with Crippen molar-refractivity contribution in [2.45, 2.75) is 38.8 Å². The van der Waals surface area contributed by atoms with E-state index in [0.717, 1.165) is 23.2 Å². The molecule has 0 fully saturated rings. The van der Waals surface area contributed by atoms with E-state index in [0.29, 0.717) is 12.6 Å². The second-order valence-electron chi connectivity index (χ2n) is 5.43. The van der Waals surface area contributed by atoms with Crippen LogP contribution in [0.25, 0.3) is 0 Å². The Kier molecular flexibility index (Phi) is 4.99. The predicted molar refractivity (Wildman–Crippen MR) is 92.1 cm³/mol. The van der Waals surface area contributed by atoms with Crippen LogP contribution in [0.3, 0.4) is 0 Å². The first-order valence-electron chi connectivity index (χ1n) is 7.48. The van der Waals surface area contributed by atoms with Crippen molar-refractivity contribution >= 4 is 27.3 Å². The van der Waals surface area contributed by atoms with Gasteiger partial charge in [0.15, 0.2) is 0 Å². The van der Waals surface area contributed by atoms with Crippen LogP contribution in [0.1, 0.15) is 41.8 Å². The predicted octanol–water partition coefficient (Wildman–Crippen LogP) is 5.08. The van der Waals surface area contributed by atoms with E-state index in [1.165, 1.54) is 28.8 Å². The molecule has 1 aromatic carbocycles. The number of thiophene rings is 1. The molecule has 0 spiro atoms. The topological polar surface area (TPSA) is 21.3 Å². The Morgan fingerprint density at radius 1 is 1.38 bits per heavy atom. The standard InChI is InChI=1S/C17H20BrNOS/c1-2-7-19-17-6-3-12-8-14(4-5-16(12)17)20-10-15-9-13(18)11-21-15/h4-5,8-9,11,17,19H,2-3,6-7,10H2,1H3. The number of ether oxygens (including phenoxy) is 1. The third-order valence-electron chi connectivity index (χ3n) is 3.84. The molecule has 0 aliphatic heterocycles. The zero-order chi connectivity index (χ0) is 14.7. The van der Waals surface area contributed by atoms with Crippen LogP contribution in [0, 0.1) is 0 Å². The Bertz CT molecular complexity index is 611. The highest BCUT2D eigenvalue weighted by Gasteiger charge is 2.21. The second-order valence-corrected chi connectivity index (χ2v) is 7.34. The van der Waals surface area contributed by atoms with Crippen molar-refractivity contribution in [1.29, 1.82) is 0 Å². The van der Waals surface area contributed by atoms with Gasteiger partial charge in [0, 0.05) is 20.8 Å². The van der Waals surface area contributed by atoms with Gasteiger partial charge in [0.1, 0.15) is 12.4 Å². The molecule has 1 aliphatic carbocycles. The molecule has 1 N–H and O–H groups in total. The van der Waals surface area contributed by atoms with Crippen LogP contribution in [-0.4, -0.2) is 6.54 Å². The fourth-order valence-electron chi connectivity index (χ4n) is 2.80. The molecule has 1 atom stereocenters. The van der Waals surface area contributed by atoms with Crippen molar-refractivity contribution in [1.82, 2.24) is 5.32 Å². The Labute approximate surface area is 138 Å². The van der Waals surface area contributed by atoms with Gasteiger partial charge in [0.25, 0.3) is 0 Å². The average molecular weight is 366 g/mol. The van der Waals surface area contributed by atoms with E-state index >= 15 is 0 Å². The Morgan fingerprint density at radius 2 is 2.29 bits per heavy atom. The van der Waals surface area contributed by atoms with Gasteiger partial charge in [-0.2, -0.15) is 0 Å². The molecule has 0 saturated carbocycles. The monoisotopic (exact) mass is 365 g/mol. The van der Waals surface area contributed by atoms with Crippen LogP contribution in [-0.2, 0) is 13.0 Å². The summed E-state index contributed by atoms with van der Waals surface area (Å²) < 4.78 is 7.05. The molecule has 0 bridgehead atoms. The van der Waals surface area contributed by atoms with Crippen LogP contribution in [0.4, 0.5) is 0 Å². The molecule has 21 heavy (non-hydrogen) atoms. The maximum absolute atomic E-state index is 5.92. The Hall–Kier alpha value is -0.840. The lowest BCUT2D eigenvalue weighted by Gasteiger charge is -2.14. The van der Waals surface area contributed by atoms with Crippen molar-refractivity contribution in [3.8, 4) is 5.75 Å². The first-order chi connectivity index (χ1) is 10.3. The summed E-state index contributed by atoms with van der Waals surface area (Å²) in [5.74, 6) is 0.981. The smallest absolute Gasteiger partial charge is 0.122 e. The van der Waals surface area contributed by atoms with Gasteiger partial charge >= 0.3 is 0 Å². The summed E-state index contributed by atoms with van der Waals surface area (Å²) in [6.07, 6.45) is 3.54. The van der Waals surface area contributed by atoms with Crippen molar-refractivity contribution < 1.29 is 4.74 Å². The summed E-state index contributed by atoms with van der Waals surface area (Å²) in [4.78, 5) is 1.24. The lowest BCUT2D eigenvalue weighted by Crippen LogP contribution is -2.19. The number of hydrogen-bond donors (Lipinski definition) is 1. The molecule has 0 saturated heterocycles. The molecule has 1 unspecified atom stereocenters. The van der Waals surface area contributed by atoms with Crippen molar-refractivity contribution in [2.75, 3.05) is 6.54 Å². The van der Waals surface area contributed by atoms with Gasteiger partial charge in [0.2, 0.25) is 0 Å². The van der Waals surface area contributed by atoms with Crippen molar-refractivity contribution in [3.63, 3.8) is 0 Å². The van der Waals surface area contributed by atoms with Crippen molar-refractivity contribution in [3.05, 3.63) is 50.1 Å². The number of fused-ring (bicyclic) bond motifs is 1. The minimum absolute atomic E-state index is 0.530. The summed E-state index contributed by atoms with van der Waals surface area (Å²) in [6.45, 7) is 3.95. The van der Waals surface area contributed by atoms with Crippen LogP contribution in [0.15, 0.2) is 34.1 Å². The summed E-state index contributed by atoms with van der Waals surface area (Å²) >= 11 is 5.20. The minimum atomic E-state index is 0.530. The number of hydrogen-bond acceptors (Lipinski definition) is 3. The minimum Gasteiger partial charge on any atom is -0.488 e. The second kappa shape index (κ2) is 6.95. The van der Waals surface area contributed by atoms with E-state index in [4.69, 9.17) is 4.74 Å². The number of nitrogens with one attached hydrogen (secondary N) is 1. The lowest BCUT2D eigenvalue weighted by molar-refractivity contribution is 0.309. The van der Waals surface area contributed by atoms with Gasteiger partial charge in [-0.05, 0) is 71.1 Å². The van der Waals surface area contributed by atoms with E-state index in [-0.39, 0.29) is 0 Å². The van der Waals surface area contributed by atoms with E-state index in [9.17, 15) is 0 Å². The van der Waals surface area contributed by atoms with Crippen LogP contribution < -0.4 is 10.1 Å². The molecule has 112 valence electrons. The van der Waals surface area contributed by atoms with Gasteiger partial charge in [-0.3, -0.25) is 0 Å². The first kappa shape index (κ1) is 15.1. The SMILES string of the molecule is CCCNC1CCc2cc(OCc3cc(Br)cs3)ccc21. The molecule has 4 heteroatoms. The maximum Gasteiger partial charge on any atom is 0.122 e. The molecule has 0 radical (unpaired) electrons. The van der Waals surface area contributed by atoms with Gasteiger partial charge in [-0.1, -0.05) is 13.0 Å². The summed E-state index contributed by atoms with van der Waals surface area (Å²) in [6, 6.07) is 9.19. The summed E-state index contributed by atoms with van der Waals surface area (Å²) in [7, 11) is 0. The highest BCUT2D eigenvalue weighted by atomic mass is 79.9. The normalized spacial score (nSPS) is 17.0. The summed E-state index contributed by atoms with van der Waals surface area (Å²) in [5, 5.41) is 5.71. The Morgan fingerprint density at radius 3 is 3.05 bits per heavy atom. The number of rotatable bonds is 6. The van der Waals surface area contributed by atoms with Gasteiger partial charge < -0.3 is 10.1 Å². The average Bonchev–Trinajstić information content (AvgIpc) is 3.09. The third kappa shape index (κ3) is 3.68. The zero-order valence-electron chi connectivity index (χ0n) is 12.2. The van der Waals surface area contributed by atoms with Gasteiger partial charge in [-0.15, -0.1) is 11.3 Å². The molecule has 3 rings (SSSR count). The maximum atomic E-state index is 5.92. The number of benzene rings is 1. The molecule has 0 amide bonds. The summed E-state index contributed by atoms with van der Waals surface area (Å²) in [5.41, 5.74) is 2.89. The lowest BCUT2D eigenvalue weighted by atomic mass is 10.1. The van der Waals surface area contributed by atoms with E-state index in [1.807, 2.05) is 0 Å². The van der Waals surface area contributed by atoms with E-state index in [1.54, 1.807) is 11.3 Å². The largest absolute Gasteiger partial charge is 0.488 e. The fourth-order valence-corrected chi connectivity index (χ4v) is 4.16. The molecular weight excluding hydrogens is 346 g/mol. The van der Waals surface area contributed by atoms with Gasteiger partial charge in [-0.25, -0.2) is 0 Å². The molecule has 2 aromatic rings. The molecule has 1 aliphatic rings. The fraction of sp³-hybridized carbons (Fsp3) is 0.412. The molecular formula is C17H20BrNOS. The number of halogens is 1. The zero-order valence-corrected chi connectivity index (χ0v) is 14.6. The van der Waals surface area contributed by atoms with Crippen LogP contribution in [0.5, 0.6) is 5.75 Å². The van der Waals surface area contributed by atoms with E-state index in [2.05, 4.69) is 57.8 Å². The highest BCUT2D eigenvalue weighted by Crippen LogP contribution is 2.34. The first-order valence-corrected chi connectivity index (χ1v) is 9.15. The van der Waals surface area contributed by atoms with Crippen molar-refractivity contribution in [2.24, 2.45) is 0 Å². The van der Waals surface area contributed by atoms with E-state index < -0.39 is 0 Å². The third-order valence-corrected chi connectivity index (χ3v) is 5.51. The molecule has 2 nitrogen and oxygen atoms in total. The van der Waals surface area contributed by atoms with Crippen LogP contribution in [0.2, 0.25) is 0 Å². The Balaban J connectivity index is 1.64.